The number of nitrogens with zero attached hydrogens (tertiary/aromatic N) is 1. The molecule has 0 spiro atoms. The zero-order valence-electron chi connectivity index (χ0n) is 16.1. The monoisotopic (exact) mass is 405 g/mol. The fraction of sp³-hybridized carbons (Fsp3) is 0.263. The van der Waals surface area contributed by atoms with Crippen molar-refractivity contribution in [3.05, 3.63) is 53.6 Å². The van der Waals surface area contributed by atoms with Gasteiger partial charge in [0, 0.05) is 0 Å². The molecular formula is C19H23N3O5S. The summed E-state index contributed by atoms with van der Waals surface area (Å²) in [5.41, 5.74) is 6.71. The van der Waals surface area contributed by atoms with Gasteiger partial charge in [-0.05, 0) is 43.7 Å². The molecule has 0 aliphatic carbocycles. The summed E-state index contributed by atoms with van der Waals surface area (Å²) in [6.07, 6.45) is 1.01. The largest absolute Gasteiger partial charge is 0.495 e. The minimum atomic E-state index is -3.83. The van der Waals surface area contributed by atoms with Gasteiger partial charge in [-0.25, -0.2) is 8.42 Å². The Morgan fingerprint density at radius 1 is 1.18 bits per heavy atom. The maximum atomic E-state index is 12.8. The molecular weight excluding hydrogens is 382 g/mol. The Morgan fingerprint density at radius 3 is 2.39 bits per heavy atom. The summed E-state index contributed by atoms with van der Waals surface area (Å²) in [5.74, 6) is -1.01. The molecule has 0 heterocycles. The Balaban J connectivity index is 2.45. The summed E-state index contributed by atoms with van der Waals surface area (Å²) in [7, 11) is -2.41. The van der Waals surface area contributed by atoms with E-state index < -0.39 is 27.9 Å². The molecule has 0 fully saturated rings. The van der Waals surface area contributed by atoms with Crippen molar-refractivity contribution in [3.8, 4) is 5.75 Å². The minimum Gasteiger partial charge on any atom is -0.495 e. The average Bonchev–Trinajstić information content (AvgIpc) is 2.61. The number of hydrogen-bond acceptors (Lipinski definition) is 5. The summed E-state index contributed by atoms with van der Waals surface area (Å²) in [6.45, 7) is 3.25. The summed E-state index contributed by atoms with van der Waals surface area (Å²) < 4.78 is 31.3. The Morgan fingerprint density at radius 2 is 1.82 bits per heavy atom. The second kappa shape index (κ2) is 8.30. The van der Waals surface area contributed by atoms with Crippen LogP contribution in [0.1, 0.15) is 22.8 Å². The van der Waals surface area contributed by atoms with Crippen LogP contribution in [0.25, 0.3) is 0 Å². The van der Waals surface area contributed by atoms with Gasteiger partial charge in [0.2, 0.25) is 15.9 Å². The van der Waals surface area contributed by atoms with E-state index in [1.807, 2.05) is 0 Å². The van der Waals surface area contributed by atoms with Crippen molar-refractivity contribution in [2.24, 2.45) is 5.73 Å². The zero-order valence-corrected chi connectivity index (χ0v) is 16.9. The molecule has 0 aliphatic rings. The number of anilines is 2. The summed E-state index contributed by atoms with van der Waals surface area (Å²) in [5, 5.41) is 2.58. The molecule has 0 saturated carbocycles. The zero-order chi connectivity index (χ0) is 21.1. The molecule has 1 atom stereocenters. The first kappa shape index (κ1) is 21.2. The number of carbonyl (C=O) groups is 2. The van der Waals surface area contributed by atoms with Crippen LogP contribution < -0.4 is 20.1 Å². The maximum Gasteiger partial charge on any atom is 0.250 e. The molecule has 3 N–H and O–H groups in total. The van der Waals surface area contributed by atoms with Gasteiger partial charge in [0.05, 0.1) is 30.3 Å². The van der Waals surface area contributed by atoms with E-state index >= 15 is 0 Å². The van der Waals surface area contributed by atoms with E-state index in [4.69, 9.17) is 10.5 Å². The fourth-order valence-electron chi connectivity index (χ4n) is 2.80. The van der Waals surface area contributed by atoms with E-state index in [1.54, 1.807) is 37.3 Å². The van der Waals surface area contributed by atoms with E-state index in [1.165, 1.54) is 26.2 Å². The van der Waals surface area contributed by atoms with Crippen LogP contribution in [-0.2, 0) is 14.8 Å². The van der Waals surface area contributed by atoms with Crippen molar-refractivity contribution in [2.45, 2.75) is 19.9 Å². The highest BCUT2D eigenvalue weighted by molar-refractivity contribution is 7.92. The molecule has 2 rings (SSSR count). The molecule has 8 nitrogen and oxygen atoms in total. The first-order valence-corrected chi connectivity index (χ1v) is 10.2. The van der Waals surface area contributed by atoms with Crippen LogP contribution in [0.3, 0.4) is 0 Å². The van der Waals surface area contributed by atoms with Gasteiger partial charge in [-0.15, -0.1) is 0 Å². The molecule has 0 radical (unpaired) electrons. The number of nitrogens with two attached hydrogens (primary N) is 1. The molecule has 150 valence electrons. The van der Waals surface area contributed by atoms with Crippen molar-refractivity contribution in [1.29, 1.82) is 0 Å². The molecule has 2 aromatic carbocycles. The molecule has 2 aromatic rings. The van der Waals surface area contributed by atoms with Gasteiger partial charge in [0.25, 0.3) is 5.91 Å². The van der Waals surface area contributed by atoms with Crippen molar-refractivity contribution in [3.63, 3.8) is 0 Å². The Labute approximate surface area is 164 Å². The van der Waals surface area contributed by atoms with Crippen molar-refractivity contribution in [2.75, 3.05) is 23.0 Å². The van der Waals surface area contributed by atoms with E-state index in [2.05, 4.69) is 5.32 Å². The van der Waals surface area contributed by atoms with E-state index in [9.17, 15) is 18.0 Å². The molecule has 0 unspecified atom stereocenters. The molecule has 9 heteroatoms. The number of para-hydroxylation sites is 1. The number of aryl methyl sites for hydroxylation is 1. The quantitative estimate of drug-likeness (QED) is 0.729. The van der Waals surface area contributed by atoms with E-state index in [0.717, 1.165) is 16.1 Å². The predicted octanol–water partition coefficient (Wildman–Crippen LogP) is 1.90. The lowest BCUT2D eigenvalue weighted by atomic mass is 10.1. The number of nitrogens with one attached hydrogen (secondary N) is 1. The highest BCUT2D eigenvalue weighted by atomic mass is 32.2. The third kappa shape index (κ3) is 4.61. The number of hydrogen-bond donors (Lipinski definition) is 2. The van der Waals surface area contributed by atoms with Crippen LogP contribution in [0.5, 0.6) is 5.75 Å². The van der Waals surface area contributed by atoms with Crippen LogP contribution in [0, 0.1) is 6.92 Å². The van der Waals surface area contributed by atoms with E-state index in [0.29, 0.717) is 5.75 Å². The van der Waals surface area contributed by atoms with Crippen molar-refractivity contribution in [1.82, 2.24) is 0 Å². The van der Waals surface area contributed by atoms with Gasteiger partial charge < -0.3 is 15.8 Å². The maximum absolute atomic E-state index is 12.8. The number of rotatable bonds is 7. The van der Waals surface area contributed by atoms with Gasteiger partial charge >= 0.3 is 0 Å². The number of carbonyl (C=O) groups excluding carboxylic acids is 2. The number of sulfonamides is 1. The minimum absolute atomic E-state index is 0.127. The van der Waals surface area contributed by atoms with Crippen molar-refractivity contribution >= 4 is 33.2 Å². The van der Waals surface area contributed by atoms with Gasteiger partial charge in [0.1, 0.15) is 11.8 Å². The summed E-state index contributed by atoms with van der Waals surface area (Å²) in [4.78, 5) is 24.4. The second-order valence-corrected chi connectivity index (χ2v) is 8.17. The van der Waals surface area contributed by atoms with Crippen LogP contribution in [-0.4, -0.2) is 39.6 Å². The Hall–Kier alpha value is -3.07. The Bertz CT molecular complexity index is 1000. The third-order valence-electron chi connectivity index (χ3n) is 4.11. The fourth-order valence-corrected chi connectivity index (χ4v) is 3.97. The predicted molar refractivity (Wildman–Crippen MR) is 108 cm³/mol. The van der Waals surface area contributed by atoms with Gasteiger partial charge in [-0.2, -0.15) is 0 Å². The van der Waals surface area contributed by atoms with Gasteiger partial charge in [-0.1, -0.05) is 18.2 Å². The first-order valence-electron chi connectivity index (χ1n) is 8.40. The highest BCUT2D eigenvalue weighted by Crippen LogP contribution is 2.33. The third-order valence-corrected chi connectivity index (χ3v) is 5.34. The highest BCUT2D eigenvalue weighted by Gasteiger charge is 2.31. The van der Waals surface area contributed by atoms with E-state index in [-0.39, 0.29) is 16.9 Å². The molecule has 0 aromatic heterocycles. The van der Waals surface area contributed by atoms with Crippen LogP contribution in [0.4, 0.5) is 11.4 Å². The standard InChI is InChI=1S/C19H23N3O5S/c1-12-9-10-17(27-3)16(11-12)22(28(4,25)26)13(2)19(24)21-15-8-6-5-7-14(15)18(20)23/h5-11,13H,1-4H3,(H2,20,23)(H,21,24)/t13-/m1/s1. The second-order valence-electron chi connectivity index (χ2n) is 6.31. The number of benzene rings is 2. The van der Waals surface area contributed by atoms with Crippen molar-refractivity contribution < 1.29 is 22.7 Å². The number of amides is 2. The lowest BCUT2D eigenvalue weighted by Crippen LogP contribution is -2.45. The number of ether oxygens (including phenoxy) is 1. The molecule has 2 amide bonds. The number of primary amides is 1. The smallest absolute Gasteiger partial charge is 0.250 e. The lowest BCUT2D eigenvalue weighted by Gasteiger charge is -2.29. The average molecular weight is 405 g/mol. The first-order chi connectivity index (χ1) is 13.1. The Kier molecular flexibility index (Phi) is 6.30. The van der Waals surface area contributed by atoms with Crippen LogP contribution in [0.15, 0.2) is 42.5 Å². The molecule has 0 bridgehead atoms. The molecule has 0 saturated heterocycles. The normalized spacial score (nSPS) is 12.1. The summed E-state index contributed by atoms with van der Waals surface area (Å²) in [6, 6.07) is 10.1. The topological polar surface area (TPSA) is 119 Å². The van der Waals surface area contributed by atoms with Crippen LogP contribution >= 0.6 is 0 Å². The molecule has 28 heavy (non-hydrogen) atoms. The van der Waals surface area contributed by atoms with Gasteiger partial charge in [0.15, 0.2) is 0 Å². The SMILES string of the molecule is COc1ccc(C)cc1N([C@H](C)C(=O)Nc1ccccc1C(N)=O)S(C)(=O)=O. The lowest BCUT2D eigenvalue weighted by molar-refractivity contribution is -0.116. The number of methoxy groups -OCH3 is 1. The molecule has 0 aliphatic heterocycles. The van der Waals surface area contributed by atoms with Gasteiger partial charge in [-0.3, -0.25) is 13.9 Å². The van der Waals surface area contributed by atoms with Crippen LogP contribution in [0.2, 0.25) is 0 Å². The summed E-state index contributed by atoms with van der Waals surface area (Å²) >= 11 is 0.